The summed E-state index contributed by atoms with van der Waals surface area (Å²) in [5, 5.41) is 22.2. The van der Waals surface area contributed by atoms with Gasteiger partial charge in [0.1, 0.15) is 23.5 Å². The van der Waals surface area contributed by atoms with Crippen LogP contribution < -0.4 is 26.0 Å². The van der Waals surface area contributed by atoms with Gasteiger partial charge >= 0.3 is 0 Å². The molecule has 1 aliphatic rings. The van der Waals surface area contributed by atoms with Crippen LogP contribution in [0.5, 0.6) is 5.75 Å². The van der Waals surface area contributed by atoms with Gasteiger partial charge in [-0.2, -0.15) is 5.26 Å². The molecule has 1 aliphatic heterocycles. The van der Waals surface area contributed by atoms with Crippen LogP contribution >= 0.6 is 0 Å². The molecule has 0 spiro atoms. The predicted octanol–water partition coefficient (Wildman–Crippen LogP) is 1.83. The number of amides is 3. The van der Waals surface area contributed by atoms with Gasteiger partial charge in [-0.05, 0) is 49.9 Å². The second-order valence-electron chi connectivity index (χ2n) is 9.55. The average Bonchev–Trinajstić information content (AvgIpc) is 3.47. The van der Waals surface area contributed by atoms with E-state index in [1.54, 1.807) is 13.2 Å². The van der Waals surface area contributed by atoms with E-state index in [9.17, 15) is 19.6 Å². The molecule has 2 aromatic rings. The lowest BCUT2D eigenvalue weighted by Gasteiger charge is -2.28. The minimum absolute atomic E-state index is 0.0660. The van der Waals surface area contributed by atoms with Crippen molar-refractivity contribution in [2.75, 3.05) is 20.2 Å². The molecule has 1 aromatic carbocycles. The maximum Gasteiger partial charge on any atom is 0.268 e. The summed E-state index contributed by atoms with van der Waals surface area (Å²) >= 11 is 0. The molecule has 10 nitrogen and oxygen atoms in total. The molecule has 10 heteroatoms. The SMILES string of the molecule is CCNC(C#N)[C@H](C[C@@H]1CCNC1=O)NC(=O)[C@@H](CC(C)C)NC(=O)c1cc2c(OC)cccc2[nH]1. The van der Waals surface area contributed by atoms with Crippen molar-refractivity contribution in [1.29, 1.82) is 5.26 Å². The van der Waals surface area contributed by atoms with E-state index >= 15 is 0 Å². The summed E-state index contributed by atoms with van der Waals surface area (Å²) in [6, 6.07) is 7.34. The highest BCUT2D eigenvalue weighted by Gasteiger charge is 2.34. The molecule has 1 fully saturated rings. The van der Waals surface area contributed by atoms with Crippen LogP contribution in [0.15, 0.2) is 24.3 Å². The van der Waals surface area contributed by atoms with E-state index in [2.05, 4.69) is 32.3 Å². The Labute approximate surface area is 211 Å². The number of nitrogens with zero attached hydrogens (tertiary/aromatic N) is 1. The van der Waals surface area contributed by atoms with Crippen molar-refractivity contribution in [2.24, 2.45) is 11.8 Å². The van der Waals surface area contributed by atoms with Gasteiger partial charge in [0.05, 0.1) is 19.2 Å². The number of aromatic amines is 1. The number of nitrogens with one attached hydrogen (secondary N) is 5. The molecule has 4 atom stereocenters. The Balaban J connectivity index is 1.79. The lowest BCUT2D eigenvalue weighted by Crippen LogP contribution is -2.56. The lowest BCUT2D eigenvalue weighted by molar-refractivity contribution is -0.126. The molecule has 5 N–H and O–H groups in total. The first-order chi connectivity index (χ1) is 17.3. The van der Waals surface area contributed by atoms with E-state index in [1.165, 1.54) is 0 Å². The molecule has 1 unspecified atom stereocenters. The number of H-pyrrole nitrogens is 1. The highest BCUT2D eigenvalue weighted by molar-refractivity contribution is 6.01. The minimum Gasteiger partial charge on any atom is -0.496 e. The number of hydrogen-bond donors (Lipinski definition) is 5. The fraction of sp³-hybridized carbons (Fsp3) is 0.538. The first-order valence-electron chi connectivity index (χ1n) is 12.4. The summed E-state index contributed by atoms with van der Waals surface area (Å²) in [6.07, 6.45) is 1.41. The molecule has 194 valence electrons. The van der Waals surface area contributed by atoms with E-state index in [4.69, 9.17) is 4.74 Å². The molecule has 3 amide bonds. The monoisotopic (exact) mass is 496 g/mol. The Morgan fingerprint density at radius 3 is 2.67 bits per heavy atom. The van der Waals surface area contributed by atoms with Crippen molar-refractivity contribution in [1.82, 2.24) is 26.3 Å². The summed E-state index contributed by atoms with van der Waals surface area (Å²) < 4.78 is 5.37. The topological polar surface area (TPSA) is 148 Å². The second kappa shape index (κ2) is 12.4. The van der Waals surface area contributed by atoms with Crippen LogP contribution in [0.4, 0.5) is 0 Å². The van der Waals surface area contributed by atoms with Crippen LogP contribution in [0.3, 0.4) is 0 Å². The highest BCUT2D eigenvalue weighted by Crippen LogP contribution is 2.26. The Morgan fingerprint density at radius 1 is 1.28 bits per heavy atom. The number of likely N-dealkylation sites (N-methyl/N-ethyl adjacent to an activating group) is 1. The van der Waals surface area contributed by atoms with Gasteiger partial charge in [-0.25, -0.2) is 0 Å². The number of methoxy groups -OCH3 is 1. The van der Waals surface area contributed by atoms with Crippen molar-refractivity contribution in [3.8, 4) is 11.8 Å². The first-order valence-corrected chi connectivity index (χ1v) is 12.4. The summed E-state index contributed by atoms with van der Waals surface area (Å²) in [4.78, 5) is 41.8. The normalized spacial score (nSPS) is 17.8. The molecular formula is C26H36N6O4. The van der Waals surface area contributed by atoms with Gasteiger partial charge in [-0.15, -0.1) is 0 Å². The zero-order valence-electron chi connectivity index (χ0n) is 21.3. The molecule has 0 saturated carbocycles. The first kappa shape index (κ1) is 27.0. The quantitative estimate of drug-likeness (QED) is 0.303. The average molecular weight is 497 g/mol. The Bertz CT molecular complexity index is 1120. The number of ether oxygens (including phenoxy) is 1. The van der Waals surface area contributed by atoms with Gasteiger partial charge in [-0.1, -0.05) is 26.8 Å². The zero-order valence-corrected chi connectivity index (χ0v) is 21.3. The van der Waals surface area contributed by atoms with E-state index in [-0.39, 0.29) is 23.7 Å². The van der Waals surface area contributed by atoms with Crippen LogP contribution in [0.2, 0.25) is 0 Å². The van der Waals surface area contributed by atoms with Crippen LogP contribution in [-0.4, -0.2) is 61.0 Å². The van der Waals surface area contributed by atoms with Crippen molar-refractivity contribution in [3.05, 3.63) is 30.0 Å². The van der Waals surface area contributed by atoms with Crippen LogP contribution in [0, 0.1) is 23.2 Å². The van der Waals surface area contributed by atoms with E-state index in [0.717, 1.165) is 10.9 Å². The number of carbonyl (C=O) groups is 3. The zero-order chi connectivity index (χ0) is 26.2. The third-order valence-electron chi connectivity index (χ3n) is 6.41. The van der Waals surface area contributed by atoms with Crippen molar-refractivity contribution < 1.29 is 19.1 Å². The number of benzene rings is 1. The number of hydrogen-bond acceptors (Lipinski definition) is 6. The molecular weight excluding hydrogens is 460 g/mol. The molecule has 2 heterocycles. The number of fused-ring (bicyclic) bond motifs is 1. The number of carbonyl (C=O) groups excluding carboxylic acids is 3. The predicted molar refractivity (Wildman–Crippen MR) is 136 cm³/mol. The fourth-order valence-electron chi connectivity index (χ4n) is 4.60. The fourth-order valence-corrected chi connectivity index (χ4v) is 4.60. The van der Waals surface area contributed by atoms with Crippen LogP contribution in [0.1, 0.15) is 50.5 Å². The summed E-state index contributed by atoms with van der Waals surface area (Å²) in [7, 11) is 1.57. The lowest BCUT2D eigenvalue weighted by atomic mass is 9.93. The molecule has 3 rings (SSSR count). The third kappa shape index (κ3) is 6.55. The molecule has 0 radical (unpaired) electrons. The van der Waals surface area contributed by atoms with Crippen LogP contribution in [-0.2, 0) is 9.59 Å². The molecule has 0 aliphatic carbocycles. The van der Waals surface area contributed by atoms with E-state index in [1.807, 2.05) is 39.0 Å². The summed E-state index contributed by atoms with van der Waals surface area (Å²) in [5.74, 6) is -0.364. The molecule has 0 bridgehead atoms. The third-order valence-corrected chi connectivity index (χ3v) is 6.41. The van der Waals surface area contributed by atoms with Gasteiger partial charge in [0.15, 0.2) is 0 Å². The van der Waals surface area contributed by atoms with Gasteiger partial charge in [-0.3, -0.25) is 14.4 Å². The minimum atomic E-state index is -0.813. The number of rotatable bonds is 12. The molecule has 1 aromatic heterocycles. The summed E-state index contributed by atoms with van der Waals surface area (Å²) in [6.45, 7) is 6.94. The van der Waals surface area contributed by atoms with Crippen LogP contribution in [0.25, 0.3) is 10.9 Å². The summed E-state index contributed by atoms with van der Waals surface area (Å²) in [5.41, 5.74) is 1.07. The van der Waals surface area contributed by atoms with E-state index < -0.39 is 24.0 Å². The van der Waals surface area contributed by atoms with E-state index in [0.29, 0.717) is 43.8 Å². The van der Waals surface area contributed by atoms with Gasteiger partial charge < -0.3 is 31.0 Å². The van der Waals surface area contributed by atoms with Crippen molar-refractivity contribution in [2.45, 2.75) is 58.2 Å². The standard InChI is InChI=1S/C26H36N6O4/c1-5-28-22(14-27)19(12-16-9-10-29-24(16)33)31-25(34)20(11-15(2)3)32-26(35)21-13-17-18(30-21)7-6-8-23(17)36-4/h6-8,13,15-16,19-20,22,28,30H,5,9-12H2,1-4H3,(H,29,33)(H,31,34)(H,32,35)/t16-,19-,20+,22?/m0/s1. The largest absolute Gasteiger partial charge is 0.496 e. The molecule has 1 saturated heterocycles. The number of nitriles is 1. The van der Waals surface area contributed by atoms with Crippen molar-refractivity contribution in [3.63, 3.8) is 0 Å². The van der Waals surface area contributed by atoms with Crippen molar-refractivity contribution >= 4 is 28.6 Å². The maximum atomic E-state index is 13.4. The smallest absolute Gasteiger partial charge is 0.268 e. The van der Waals surface area contributed by atoms with Gasteiger partial charge in [0, 0.05) is 23.4 Å². The second-order valence-corrected chi connectivity index (χ2v) is 9.55. The highest BCUT2D eigenvalue weighted by atomic mass is 16.5. The Morgan fingerprint density at radius 2 is 2.06 bits per heavy atom. The van der Waals surface area contributed by atoms with Gasteiger partial charge in [0.2, 0.25) is 11.8 Å². The Hall–Kier alpha value is -3.58. The Kier molecular flexibility index (Phi) is 9.31. The maximum absolute atomic E-state index is 13.4. The number of aromatic nitrogens is 1. The van der Waals surface area contributed by atoms with Gasteiger partial charge in [0.25, 0.3) is 5.91 Å². The molecule has 36 heavy (non-hydrogen) atoms.